The highest BCUT2D eigenvalue weighted by atomic mass is 79.9. The van der Waals surface area contributed by atoms with Crippen LogP contribution in [0.4, 0.5) is 16.5 Å². The maximum Gasteiger partial charge on any atom is 0.270 e. The van der Waals surface area contributed by atoms with Gasteiger partial charge in [-0.15, -0.1) is 11.3 Å². The van der Waals surface area contributed by atoms with Crippen molar-refractivity contribution in [3.8, 4) is 11.3 Å². The lowest BCUT2D eigenvalue weighted by Gasteiger charge is -2.29. The number of hydrazone groups is 1. The highest BCUT2D eigenvalue weighted by Gasteiger charge is 2.43. The van der Waals surface area contributed by atoms with Gasteiger partial charge in [-0.2, -0.15) is 5.10 Å². The number of fused-ring (bicyclic) bond motifs is 1. The van der Waals surface area contributed by atoms with Crippen LogP contribution in [0.15, 0.2) is 93.3 Å². The molecule has 2 atom stereocenters. The highest BCUT2D eigenvalue weighted by Crippen LogP contribution is 2.47. The van der Waals surface area contributed by atoms with Crippen molar-refractivity contribution in [2.24, 2.45) is 11.0 Å². The van der Waals surface area contributed by atoms with Gasteiger partial charge < -0.3 is 0 Å². The zero-order valence-electron chi connectivity index (χ0n) is 21.0. The number of thiazole rings is 1. The van der Waals surface area contributed by atoms with Crippen molar-refractivity contribution in [1.82, 2.24) is 4.98 Å². The van der Waals surface area contributed by atoms with E-state index >= 15 is 0 Å². The van der Waals surface area contributed by atoms with Crippen LogP contribution >= 0.6 is 27.3 Å². The second-order valence-corrected chi connectivity index (χ2v) is 11.4. The van der Waals surface area contributed by atoms with Crippen molar-refractivity contribution in [2.45, 2.75) is 25.3 Å². The van der Waals surface area contributed by atoms with Gasteiger partial charge >= 0.3 is 0 Å². The molecule has 0 N–H and O–H groups in total. The fourth-order valence-electron chi connectivity index (χ4n) is 5.37. The molecule has 9 nitrogen and oxygen atoms in total. The Kier molecular flexibility index (Phi) is 6.99. The van der Waals surface area contributed by atoms with Crippen molar-refractivity contribution >= 4 is 55.6 Å². The number of benzene rings is 3. The lowest BCUT2D eigenvalue weighted by Crippen LogP contribution is -2.28. The average molecular weight is 616 g/mol. The first-order valence-corrected chi connectivity index (χ1v) is 14.3. The smallest absolute Gasteiger partial charge is 0.258 e. The summed E-state index contributed by atoms with van der Waals surface area (Å²) in [5.74, 6) is -0.0132. The Bertz CT molecular complexity index is 1680. The van der Waals surface area contributed by atoms with Crippen LogP contribution in [-0.2, 0) is 0 Å². The standard InChI is InChI=1S/C29H22BrN5O4S/c30-22-12-10-19(11-13-22)26-17-40-29(31-26)33-28(21-6-2-8-24(16-21)35(38)39)25-9-3-5-20(27(25)32-33)14-18-4-1-7-23(15-18)34(36)37/h1-2,4,6-8,10-17,25,28H,3,5,9H2/b20-14+. The van der Waals surface area contributed by atoms with E-state index in [1.165, 1.54) is 23.5 Å². The molecule has 0 radical (unpaired) electrons. The first kappa shape index (κ1) is 26.0. The Balaban J connectivity index is 1.43. The van der Waals surface area contributed by atoms with Crippen molar-refractivity contribution in [1.29, 1.82) is 0 Å². The number of nitro benzene ring substituents is 2. The monoisotopic (exact) mass is 615 g/mol. The number of non-ortho nitro benzene ring substituents is 2. The van der Waals surface area contributed by atoms with Crippen molar-refractivity contribution in [3.05, 3.63) is 120 Å². The molecule has 11 heteroatoms. The minimum atomic E-state index is -0.398. The van der Waals surface area contributed by atoms with Gasteiger partial charge in [-0.25, -0.2) is 9.99 Å². The summed E-state index contributed by atoms with van der Waals surface area (Å²) < 4.78 is 0.982. The number of anilines is 1. The number of aromatic nitrogens is 1. The lowest BCUT2D eigenvalue weighted by atomic mass is 9.77. The molecule has 200 valence electrons. The van der Waals surface area contributed by atoms with E-state index in [9.17, 15) is 20.2 Å². The van der Waals surface area contributed by atoms with Crippen LogP contribution in [0.5, 0.6) is 0 Å². The molecule has 6 rings (SSSR count). The topological polar surface area (TPSA) is 115 Å². The molecule has 0 bridgehead atoms. The maximum absolute atomic E-state index is 11.6. The fraction of sp³-hybridized carbons (Fsp3) is 0.172. The predicted molar refractivity (Wildman–Crippen MR) is 159 cm³/mol. The molecule has 1 saturated carbocycles. The summed E-state index contributed by atoms with van der Waals surface area (Å²) in [5.41, 5.74) is 5.33. The van der Waals surface area contributed by atoms with Crippen LogP contribution in [0.25, 0.3) is 17.3 Å². The molecule has 2 heterocycles. The molecule has 2 aliphatic rings. The molecule has 0 amide bonds. The van der Waals surface area contributed by atoms with E-state index < -0.39 is 4.92 Å². The largest absolute Gasteiger partial charge is 0.270 e. The SMILES string of the molecule is O=[N+]([O-])c1cccc(/C=C2\CCCC3C2=NN(c2nc(-c4ccc(Br)cc4)cs2)C3c2cccc([N+](=O)[O-])c2)c1. The van der Waals surface area contributed by atoms with Gasteiger partial charge in [-0.1, -0.05) is 52.3 Å². The molecule has 1 aliphatic carbocycles. The maximum atomic E-state index is 11.6. The average Bonchev–Trinajstić information content (AvgIpc) is 3.60. The van der Waals surface area contributed by atoms with Gasteiger partial charge in [0, 0.05) is 45.6 Å². The molecule has 3 aromatic carbocycles. The van der Waals surface area contributed by atoms with E-state index in [4.69, 9.17) is 10.1 Å². The van der Waals surface area contributed by atoms with Crippen molar-refractivity contribution < 1.29 is 9.85 Å². The Morgan fingerprint density at radius 1 is 0.975 bits per heavy atom. The molecule has 1 fully saturated rings. The number of nitrogens with zero attached hydrogens (tertiary/aromatic N) is 5. The summed E-state index contributed by atoms with van der Waals surface area (Å²) in [5, 5.41) is 32.6. The molecule has 0 spiro atoms. The number of halogens is 1. The van der Waals surface area contributed by atoms with E-state index in [0.717, 1.165) is 57.4 Å². The number of hydrogen-bond acceptors (Lipinski definition) is 8. The van der Waals surface area contributed by atoms with Crippen LogP contribution in [0.2, 0.25) is 0 Å². The van der Waals surface area contributed by atoms with Gasteiger partial charge in [-0.3, -0.25) is 20.2 Å². The van der Waals surface area contributed by atoms with Crippen LogP contribution < -0.4 is 5.01 Å². The Morgan fingerprint density at radius 2 is 1.70 bits per heavy atom. The minimum absolute atomic E-state index is 0.0132. The summed E-state index contributed by atoms with van der Waals surface area (Å²) >= 11 is 4.95. The van der Waals surface area contributed by atoms with Gasteiger partial charge in [0.1, 0.15) is 0 Å². The summed E-state index contributed by atoms with van der Waals surface area (Å²) in [6, 6.07) is 21.0. The molecule has 1 aromatic heterocycles. The number of nitro groups is 2. The quantitative estimate of drug-likeness (QED) is 0.159. The zero-order valence-corrected chi connectivity index (χ0v) is 23.4. The first-order chi connectivity index (χ1) is 19.4. The summed E-state index contributed by atoms with van der Waals surface area (Å²) in [7, 11) is 0. The third-order valence-electron chi connectivity index (χ3n) is 7.17. The van der Waals surface area contributed by atoms with E-state index in [-0.39, 0.29) is 28.3 Å². The second-order valence-electron chi connectivity index (χ2n) is 9.67. The number of rotatable bonds is 6. The van der Waals surface area contributed by atoms with E-state index in [2.05, 4.69) is 15.9 Å². The lowest BCUT2D eigenvalue weighted by molar-refractivity contribution is -0.385. The van der Waals surface area contributed by atoms with E-state index in [1.807, 2.05) is 52.9 Å². The summed E-state index contributed by atoms with van der Waals surface area (Å²) in [4.78, 5) is 27.1. The van der Waals surface area contributed by atoms with E-state index in [0.29, 0.717) is 5.13 Å². The predicted octanol–water partition coefficient (Wildman–Crippen LogP) is 8.19. The van der Waals surface area contributed by atoms with Crippen molar-refractivity contribution in [3.63, 3.8) is 0 Å². The molecule has 0 saturated heterocycles. The van der Waals surface area contributed by atoms with Gasteiger partial charge in [-0.05, 0) is 54.2 Å². The van der Waals surface area contributed by atoms with Crippen LogP contribution in [0.1, 0.15) is 36.4 Å². The number of hydrogen-bond donors (Lipinski definition) is 0. The first-order valence-electron chi connectivity index (χ1n) is 12.7. The molecule has 2 unspecified atom stereocenters. The normalized spacial score (nSPS) is 19.4. The van der Waals surface area contributed by atoms with Gasteiger partial charge in [0.2, 0.25) is 5.13 Å². The number of allylic oxidation sites excluding steroid dienone is 1. The highest BCUT2D eigenvalue weighted by molar-refractivity contribution is 9.10. The third-order valence-corrected chi connectivity index (χ3v) is 8.53. The van der Waals surface area contributed by atoms with Crippen LogP contribution in [0, 0.1) is 26.1 Å². The van der Waals surface area contributed by atoms with Crippen molar-refractivity contribution in [2.75, 3.05) is 5.01 Å². The van der Waals surface area contributed by atoms with Crippen LogP contribution in [-0.4, -0.2) is 20.5 Å². The zero-order chi connectivity index (χ0) is 27.8. The molecule has 4 aromatic rings. The molecule has 1 aliphatic heterocycles. The van der Waals surface area contributed by atoms with Gasteiger partial charge in [0.25, 0.3) is 11.4 Å². The molecular weight excluding hydrogens is 594 g/mol. The van der Waals surface area contributed by atoms with Crippen LogP contribution in [0.3, 0.4) is 0 Å². The summed E-state index contributed by atoms with van der Waals surface area (Å²) in [6.07, 6.45) is 4.53. The Labute approximate surface area is 241 Å². The fourth-order valence-corrected chi connectivity index (χ4v) is 6.45. The second kappa shape index (κ2) is 10.7. The Morgan fingerprint density at radius 3 is 2.45 bits per heavy atom. The summed E-state index contributed by atoms with van der Waals surface area (Å²) in [6.45, 7) is 0. The van der Waals surface area contributed by atoms with Gasteiger partial charge in [0.15, 0.2) is 0 Å². The van der Waals surface area contributed by atoms with E-state index in [1.54, 1.807) is 24.3 Å². The van der Waals surface area contributed by atoms with Gasteiger partial charge in [0.05, 0.1) is 27.3 Å². The molecular formula is C29H22BrN5O4S. The molecule has 40 heavy (non-hydrogen) atoms. The Hall–Kier alpha value is -4.22. The minimum Gasteiger partial charge on any atom is -0.258 e. The third kappa shape index (κ3) is 5.05.